The molecule has 8 heteroatoms. The lowest BCUT2D eigenvalue weighted by Crippen LogP contribution is -2.41. The van der Waals surface area contributed by atoms with Crippen molar-refractivity contribution >= 4 is 26.1 Å². The molecule has 1 unspecified atom stereocenters. The van der Waals surface area contributed by atoms with Gasteiger partial charge in [0.05, 0.1) is 24.8 Å². The van der Waals surface area contributed by atoms with Gasteiger partial charge in [-0.15, -0.1) is 0 Å². The third-order valence-electron chi connectivity index (χ3n) is 6.98. The zero-order chi connectivity index (χ0) is 24.6. The predicted octanol–water partition coefficient (Wildman–Crippen LogP) is 4.01. The second-order valence-electron chi connectivity index (χ2n) is 10.1. The molecule has 3 rings (SSSR count). The molecule has 0 aromatic heterocycles. The number of carbonyl (C=O) groups is 3. The fourth-order valence-electron chi connectivity index (χ4n) is 3.90. The fourth-order valence-corrected chi connectivity index (χ4v) is 4.76. The van der Waals surface area contributed by atoms with E-state index >= 15 is 0 Å². The van der Waals surface area contributed by atoms with E-state index in [1.54, 1.807) is 24.3 Å². The Morgan fingerprint density at radius 3 is 2.21 bits per heavy atom. The molecule has 2 amide bonds. The zero-order valence-corrected chi connectivity index (χ0v) is 21.7. The summed E-state index contributed by atoms with van der Waals surface area (Å²) in [6.07, 6.45) is 2.20. The molecule has 33 heavy (non-hydrogen) atoms. The number of rotatable bonds is 7. The minimum absolute atomic E-state index is 0.0505. The van der Waals surface area contributed by atoms with Crippen molar-refractivity contribution in [1.29, 1.82) is 0 Å². The quantitative estimate of drug-likeness (QED) is 0.197. The maximum absolute atomic E-state index is 13.1. The Bertz CT molecular complexity index is 985. The highest BCUT2D eigenvalue weighted by Gasteiger charge is 2.71. The molecule has 2 heterocycles. The lowest BCUT2D eigenvalue weighted by Gasteiger charge is -2.35. The summed E-state index contributed by atoms with van der Waals surface area (Å²) in [4.78, 5) is 39.0. The van der Waals surface area contributed by atoms with Crippen LogP contribution >= 0.6 is 0 Å². The largest absolute Gasteiger partial charge is 0.468 e. The van der Waals surface area contributed by atoms with Gasteiger partial charge >= 0.3 is 5.97 Å². The second-order valence-corrected chi connectivity index (χ2v) is 14.9. The average Bonchev–Trinajstić information content (AvgIpc) is 3.33. The number of fused-ring (bicyclic) bond motifs is 1. The number of esters is 1. The van der Waals surface area contributed by atoms with Gasteiger partial charge in [-0.2, -0.15) is 10.0 Å². The Hall–Kier alpha value is -2.47. The van der Waals surface area contributed by atoms with Crippen molar-refractivity contribution in [3.05, 3.63) is 35.4 Å². The molecule has 0 saturated carbocycles. The zero-order valence-electron chi connectivity index (χ0n) is 20.7. The summed E-state index contributed by atoms with van der Waals surface area (Å²) >= 11 is 0. The van der Waals surface area contributed by atoms with Crippen molar-refractivity contribution in [2.75, 3.05) is 13.7 Å². The molecule has 1 aromatic rings. The summed E-state index contributed by atoms with van der Waals surface area (Å²) in [5.41, 5.74) is -0.318. The maximum atomic E-state index is 13.1. The standard InChI is InChI=1S/C25H34N2O5Si/c1-8-9-15-25(16-12-17-32-33(6,7)24(2,3)4)20(23(30)31-5)27(25)26-21(28)18-13-10-11-14-19(18)22(26)29/h10-11,13-14,20H,8-9,15,17H2,1-7H3/t20-,25+,27?/m0/s1. The number of imide groups is 1. The van der Waals surface area contributed by atoms with Crippen LogP contribution in [0.15, 0.2) is 24.3 Å². The number of hydrogen-bond donors (Lipinski definition) is 0. The van der Waals surface area contributed by atoms with Gasteiger partial charge in [-0.3, -0.25) is 14.4 Å². The van der Waals surface area contributed by atoms with E-state index in [0.29, 0.717) is 17.5 Å². The Labute approximate surface area is 197 Å². The summed E-state index contributed by atoms with van der Waals surface area (Å²) in [6.45, 7) is 13.1. The number of hydrogen-bond acceptors (Lipinski definition) is 6. The Balaban J connectivity index is 1.94. The molecule has 1 fully saturated rings. The van der Waals surface area contributed by atoms with Gasteiger partial charge in [0.25, 0.3) is 11.8 Å². The summed E-state index contributed by atoms with van der Waals surface area (Å²) in [7, 11) is -0.681. The number of carbonyl (C=O) groups excluding carboxylic acids is 3. The first kappa shape index (κ1) is 25.2. The first-order valence-corrected chi connectivity index (χ1v) is 14.3. The number of benzene rings is 1. The highest BCUT2D eigenvalue weighted by Crippen LogP contribution is 2.49. The second kappa shape index (κ2) is 9.05. The van der Waals surface area contributed by atoms with E-state index in [-0.39, 0.29) is 11.6 Å². The van der Waals surface area contributed by atoms with Crippen molar-refractivity contribution < 1.29 is 23.5 Å². The highest BCUT2D eigenvalue weighted by molar-refractivity contribution is 6.74. The molecule has 7 nitrogen and oxygen atoms in total. The molecular formula is C25H34N2O5Si. The summed E-state index contributed by atoms with van der Waals surface area (Å²) in [5.74, 6) is 4.92. The number of ether oxygens (including phenoxy) is 1. The van der Waals surface area contributed by atoms with Crippen molar-refractivity contribution in [3.8, 4) is 11.8 Å². The van der Waals surface area contributed by atoms with Crippen LogP contribution in [0.5, 0.6) is 0 Å². The van der Waals surface area contributed by atoms with Crippen LogP contribution in [0.2, 0.25) is 18.1 Å². The third-order valence-corrected chi connectivity index (χ3v) is 11.5. The van der Waals surface area contributed by atoms with Crippen molar-refractivity contribution in [2.45, 2.75) is 76.7 Å². The maximum Gasteiger partial charge on any atom is 0.328 e. The van der Waals surface area contributed by atoms with Crippen LogP contribution in [-0.4, -0.2) is 61.4 Å². The number of methoxy groups -OCH3 is 1. The lowest BCUT2D eigenvalue weighted by atomic mass is 9.98. The van der Waals surface area contributed by atoms with Crippen LogP contribution in [0, 0.1) is 11.8 Å². The van der Waals surface area contributed by atoms with Gasteiger partial charge in [0, 0.05) is 0 Å². The monoisotopic (exact) mass is 470 g/mol. The van der Waals surface area contributed by atoms with Crippen LogP contribution in [0.3, 0.4) is 0 Å². The van der Waals surface area contributed by atoms with E-state index in [0.717, 1.165) is 17.9 Å². The molecule has 178 valence electrons. The summed E-state index contributed by atoms with van der Waals surface area (Å²) < 4.78 is 11.2. The molecule has 1 saturated heterocycles. The number of nitrogens with zero attached hydrogens (tertiary/aromatic N) is 2. The smallest absolute Gasteiger partial charge is 0.328 e. The number of unbranched alkanes of at least 4 members (excludes halogenated alkanes) is 1. The molecule has 0 spiro atoms. The molecule has 1 aromatic carbocycles. The highest BCUT2D eigenvalue weighted by atomic mass is 28.4. The minimum Gasteiger partial charge on any atom is -0.468 e. The van der Waals surface area contributed by atoms with Gasteiger partial charge in [-0.1, -0.05) is 64.5 Å². The predicted molar refractivity (Wildman–Crippen MR) is 128 cm³/mol. The van der Waals surface area contributed by atoms with E-state index in [9.17, 15) is 14.4 Å². The van der Waals surface area contributed by atoms with E-state index in [2.05, 4.69) is 45.7 Å². The van der Waals surface area contributed by atoms with Crippen molar-refractivity contribution in [2.24, 2.45) is 0 Å². The molecule has 0 radical (unpaired) electrons. The van der Waals surface area contributed by atoms with Gasteiger partial charge in [0.15, 0.2) is 14.4 Å². The van der Waals surface area contributed by atoms with Gasteiger partial charge in [-0.25, -0.2) is 0 Å². The van der Waals surface area contributed by atoms with E-state index in [1.165, 1.54) is 12.1 Å². The third kappa shape index (κ3) is 4.37. The van der Waals surface area contributed by atoms with Gasteiger partial charge in [-0.05, 0) is 36.7 Å². The first-order valence-electron chi connectivity index (χ1n) is 11.4. The van der Waals surface area contributed by atoms with Gasteiger partial charge in [0.1, 0.15) is 5.54 Å². The summed E-state index contributed by atoms with van der Waals surface area (Å²) in [5, 5.41) is 2.64. The van der Waals surface area contributed by atoms with E-state index < -0.39 is 37.7 Å². The van der Waals surface area contributed by atoms with Crippen LogP contribution in [0.1, 0.15) is 67.7 Å². The SMILES string of the molecule is CCCC[C@@]1(C#CCO[Si](C)(C)C(C)(C)C)[C@H](C(=O)OC)N1N1C(=O)c2ccccc2C1=O. The van der Waals surface area contributed by atoms with Crippen LogP contribution in [-0.2, 0) is 14.0 Å². The topological polar surface area (TPSA) is 75.9 Å². The Morgan fingerprint density at radius 2 is 1.73 bits per heavy atom. The number of hydrazine groups is 1. The van der Waals surface area contributed by atoms with E-state index in [4.69, 9.17) is 9.16 Å². The lowest BCUT2D eigenvalue weighted by molar-refractivity contribution is -0.141. The Kier molecular flexibility index (Phi) is 6.90. The molecule has 0 N–H and O–H groups in total. The average molecular weight is 471 g/mol. The van der Waals surface area contributed by atoms with Crippen LogP contribution < -0.4 is 0 Å². The first-order chi connectivity index (χ1) is 15.4. The molecule has 3 atom stereocenters. The van der Waals surface area contributed by atoms with Crippen molar-refractivity contribution in [3.63, 3.8) is 0 Å². The fraction of sp³-hybridized carbons (Fsp3) is 0.560. The van der Waals surface area contributed by atoms with Gasteiger partial charge < -0.3 is 9.16 Å². The van der Waals surface area contributed by atoms with Crippen molar-refractivity contribution in [1.82, 2.24) is 10.0 Å². The Morgan fingerprint density at radius 1 is 1.15 bits per heavy atom. The normalized spacial score (nSPS) is 24.3. The number of amides is 2. The van der Waals surface area contributed by atoms with Gasteiger partial charge in [0.2, 0.25) is 0 Å². The van der Waals surface area contributed by atoms with Crippen LogP contribution in [0.4, 0.5) is 0 Å². The molecule has 0 aliphatic carbocycles. The van der Waals surface area contributed by atoms with E-state index in [1.807, 2.05) is 6.92 Å². The molecule has 2 aliphatic heterocycles. The summed E-state index contributed by atoms with van der Waals surface area (Å²) in [6, 6.07) is 5.86. The van der Waals surface area contributed by atoms with Crippen LogP contribution in [0.25, 0.3) is 0 Å². The molecular weight excluding hydrogens is 436 g/mol. The molecule has 0 bridgehead atoms. The minimum atomic E-state index is -1.99. The molecule has 2 aliphatic rings.